The van der Waals surface area contributed by atoms with Gasteiger partial charge >= 0.3 is 0 Å². The lowest BCUT2D eigenvalue weighted by atomic mass is 9.65. The molecule has 1 aromatic heterocycles. The summed E-state index contributed by atoms with van der Waals surface area (Å²) in [5.74, 6) is 1.62. The number of carbonyl (C=O) groups excluding carboxylic acids is 2. The Hall–Kier alpha value is -3.09. The van der Waals surface area contributed by atoms with Gasteiger partial charge in [0.2, 0.25) is 5.82 Å². The zero-order chi connectivity index (χ0) is 22.0. The fourth-order valence-electron chi connectivity index (χ4n) is 5.15. The van der Waals surface area contributed by atoms with E-state index in [4.69, 9.17) is 4.74 Å². The highest BCUT2D eigenvalue weighted by atomic mass is 16.5. The van der Waals surface area contributed by atoms with Gasteiger partial charge in [0.05, 0.1) is 0 Å². The van der Waals surface area contributed by atoms with Crippen LogP contribution in [0, 0.1) is 10.8 Å². The Labute approximate surface area is 181 Å². The molecule has 0 spiro atoms. The van der Waals surface area contributed by atoms with Crippen LogP contribution in [0.5, 0.6) is 0 Å². The van der Waals surface area contributed by atoms with E-state index in [1.165, 1.54) is 0 Å². The number of benzene rings is 1. The van der Waals surface area contributed by atoms with E-state index in [1.807, 2.05) is 24.3 Å². The summed E-state index contributed by atoms with van der Waals surface area (Å²) >= 11 is 0. The van der Waals surface area contributed by atoms with Crippen LogP contribution >= 0.6 is 0 Å². The van der Waals surface area contributed by atoms with Crippen LogP contribution in [0.1, 0.15) is 64.9 Å². The normalized spacial score (nSPS) is 22.8. The molecule has 2 heterocycles. The van der Waals surface area contributed by atoms with E-state index in [9.17, 15) is 9.59 Å². The molecule has 2 aliphatic carbocycles. The molecular formula is C24H26N4O3. The Bertz CT molecular complexity index is 1100. The second-order valence-corrected chi connectivity index (χ2v) is 10.5. The Morgan fingerprint density at radius 1 is 0.935 bits per heavy atom. The second-order valence-electron chi connectivity index (χ2n) is 10.5. The molecule has 1 N–H and O–H groups in total. The molecule has 7 nitrogen and oxygen atoms in total. The molecule has 160 valence electrons. The van der Waals surface area contributed by atoms with Gasteiger partial charge in [0.15, 0.2) is 11.6 Å². The highest BCUT2D eigenvalue weighted by Crippen LogP contribution is 2.53. The fraction of sp³-hybridized carbons (Fsp3) is 0.458. The van der Waals surface area contributed by atoms with Crippen molar-refractivity contribution < 1.29 is 14.3 Å². The SMILES string of the molecule is CC1(C)CC(=O)C2=C(C1)OC1=C(C(=O)CC(C)(C)C1)C2c1cccc(-c2nn[nH]n2)c1. The van der Waals surface area contributed by atoms with Crippen LogP contribution in [0.15, 0.2) is 46.9 Å². The monoisotopic (exact) mass is 418 g/mol. The van der Waals surface area contributed by atoms with Crippen molar-refractivity contribution in [1.82, 2.24) is 20.6 Å². The van der Waals surface area contributed by atoms with Gasteiger partial charge in [0, 0.05) is 48.3 Å². The first-order valence-electron chi connectivity index (χ1n) is 10.7. The molecule has 3 aliphatic rings. The molecule has 0 radical (unpaired) electrons. The van der Waals surface area contributed by atoms with Crippen molar-refractivity contribution in [2.24, 2.45) is 10.8 Å². The van der Waals surface area contributed by atoms with Gasteiger partial charge in [-0.2, -0.15) is 5.21 Å². The van der Waals surface area contributed by atoms with Crippen molar-refractivity contribution in [1.29, 1.82) is 0 Å². The minimum Gasteiger partial charge on any atom is -0.465 e. The van der Waals surface area contributed by atoms with Crippen LogP contribution in [0.4, 0.5) is 0 Å². The van der Waals surface area contributed by atoms with E-state index >= 15 is 0 Å². The maximum Gasteiger partial charge on any atom is 0.204 e. The Morgan fingerprint density at radius 2 is 1.55 bits per heavy atom. The first-order valence-corrected chi connectivity index (χ1v) is 10.7. The van der Waals surface area contributed by atoms with Crippen molar-refractivity contribution in [3.63, 3.8) is 0 Å². The quantitative estimate of drug-likeness (QED) is 0.782. The molecule has 1 aromatic carbocycles. The molecule has 0 saturated carbocycles. The zero-order valence-electron chi connectivity index (χ0n) is 18.3. The first-order chi connectivity index (χ1) is 14.6. The number of allylic oxidation sites excluding steroid dienone is 4. The number of ketones is 2. The smallest absolute Gasteiger partial charge is 0.204 e. The Balaban J connectivity index is 1.69. The van der Waals surface area contributed by atoms with Crippen LogP contribution in [0.2, 0.25) is 0 Å². The molecule has 31 heavy (non-hydrogen) atoms. The highest BCUT2D eigenvalue weighted by Gasteiger charge is 2.47. The standard InChI is InChI=1S/C24H26N4O3/c1-23(2)9-15(29)20-17(11-23)31-18-12-24(3,4)10-16(30)21(18)19(20)13-6-5-7-14(8-13)22-25-27-28-26-22/h5-8,19H,9-12H2,1-4H3,(H,25,26,27,28). The molecule has 0 amide bonds. The number of nitrogens with zero attached hydrogens (tertiary/aromatic N) is 3. The molecular weight excluding hydrogens is 392 g/mol. The summed E-state index contributed by atoms with van der Waals surface area (Å²) in [7, 11) is 0. The Kier molecular flexibility index (Phi) is 4.29. The van der Waals surface area contributed by atoms with E-state index in [1.54, 1.807) is 0 Å². The molecule has 0 saturated heterocycles. The second kappa shape index (κ2) is 6.70. The van der Waals surface area contributed by atoms with Crippen LogP contribution in [0.3, 0.4) is 0 Å². The summed E-state index contributed by atoms with van der Waals surface area (Å²) < 4.78 is 6.34. The third-order valence-electron chi connectivity index (χ3n) is 6.41. The fourth-order valence-corrected chi connectivity index (χ4v) is 5.15. The molecule has 2 aromatic rings. The van der Waals surface area contributed by atoms with E-state index in [0.29, 0.717) is 42.7 Å². The minimum absolute atomic E-state index is 0.0606. The third-order valence-corrected chi connectivity index (χ3v) is 6.41. The van der Waals surface area contributed by atoms with Gasteiger partial charge in [-0.25, -0.2) is 0 Å². The van der Waals surface area contributed by atoms with Gasteiger partial charge in [-0.3, -0.25) is 9.59 Å². The van der Waals surface area contributed by atoms with Crippen molar-refractivity contribution in [2.45, 2.75) is 59.3 Å². The highest BCUT2D eigenvalue weighted by molar-refractivity contribution is 6.06. The topological polar surface area (TPSA) is 97.8 Å². The molecule has 5 rings (SSSR count). The average Bonchev–Trinajstić information content (AvgIpc) is 3.19. The number of H-pyrrole nitrogens is 1. The van der Waals surface area contributed by atoms with Gasteiger partial charge < -0.3 is 4.74 Å². The lowest BCUT2D eigenvalue weighted by molar-refractivity contribution is -0.120. The molecule has 0 fully saturated rings. The van der Waals surface area contributed by atoms with Crippen LogP contribution in [-0.4, -0.2) is 32.2 Å². The van der Waals surface area contributed by atoms with Gasteiger partial charge in [-0.15, -0.1) is 10.2 Å². The van der Waals surface area contributed by atoms with Crippen LogP contribution in [0.25, 0.3) is 11.4 Å². The lowest BCUT2D eigenvalue weighted by Crippen LogP contribution is -2.37. The van der Waals surface area contributed by atoms with Crippen molar-refractivity contribution >= 4 is 11.6 Å². The van der Waals surface area contributed by atoms with Crippen molar-refractivity contribution in [2.75, 3.05) is 0 Å². The summed E-state index contributed by atoms with van der Waals surface area (Å²) in [6.45, 7) is 8.35. The predicted molar refractivity (Wildman–Crippen MR) is 114 cm³/mol. The zero-order valence-corrected chi connectivity index (χ0v) is 18.3. The van der Waals surface area contributed by atoms with Gasteiger partial charge in [0.25, 0.3) is 0 Å². The summed E-state index contributed by atoms with van der Waals surface area (Å²) in [5.41, 5.74) is 2.60. The maximum absolute atomic E-state index is 13.3. The average molecular weight is 418 g/mol. The number of rotatable bonds is 2. The number of hydrogen-bond donors (Lipinski definition) is 1. The summed E-state index contributed by atoms with van der Waals surface area (Å²) in [6, 6.07) is 7.73. The number of aromatic amines is 1. The summed E-state index contributed by atoms with van der Waals surface area (Å²) in [4.78, 5) is 26.7. The van der Waals surface area contributed by atoms with Gasteiger partial charge in [-0.1, -0.05) is 45.9 Å². The molecule has 0 unspecified atom stereocenters. The number of tetrazole rings is 1. The van der Waals surface area contributed by atoms with Crippen molar-refractivity contribution in [3.8, 4) is 11.4 Å². The predicted octanol–water partition coefficient (Wildman–Crippen LogP) is 4.27. The van der Waals surface area contributed by atoms with Crippen LogP contribution in [-0.2, 0) is 14.3 Å². The van der Waals surface area contributed by atoms with Gasteiger partial charge in [-0.05, 0) is 27.7 Å². The van der Waals surface area contributed by atoms with Crippen molar-refractivity contribution in [3.05, 3.63) is 52.5 Å². The largest absolute Gasteiger partial charge is 0.465 e. The maximum atomic E-state index is 13.3. The molecule has 7 heteroatoms. The molecule has 1 aliphatic heterocycles. The van der Waals surface area contributed by atoms with E-state index in [-0.39, 0.29) is 22.4 Å². The number of nitrogens with one attached hydrogen (secondary N) is 1. The number of ether oxygens (including phenoxy) is 1. The lowest BCUT2D eigenvalue weighted by Gasteiger charge is -2.42. The number of aromatic nitrogens is 4. The van der Waals surface area contributed by atoms with E-state index in [2.05, 4.69) is 48.3 Å². The Morgan fingerprint density at radius 3 is 2.10 bits per heavy atom. The minimum atomic E-state index is -0.419. The summed E-state index contributed by atoms with van der Waals surface area (Å²) in [6.07, 6.45) is 2.25. The number of Topliss-reactive ketones (excluding diaryl/α,β-unsaturated/α-hetero) is 2. The molecule has 0 atom stereocenters. The molecule has 0 bridgehead atoms. The van der Waals surface area contributed by atoms with Crippen LogP contribution < -0.4 is 0 Å². The van der Waals surface area contributed by atoms with E-state index in [0.717, 1.165) is 22.6 Å². The van der Waals surface area contributed by atoms with Gasteiger partial charge in [0.1, 0.15) is 11.5 Å². The third kappa shape index (κ3) is 3.42. The summed E-state index contributed by atoms with van der Waals surface area (Å²) in [5, 5.41) is 14.3. The van der Waals surface area contributed by atoms with E-state index < -0.39 is 5.92 Å². The number of carbonyl (C=O) groups is 2. The number of hydrogen-bond acceptors (Lipinski definition) is 6. The first kappa shape index (κ1) is 19.8.